The number of pyridine rings is 1. The summed E-state index contributed by atoms with van der Waals surface area (Å²) in [7, 11) is 0. The van der Waals surface area contributed by atoms with Crippen LogP contribution < -0.4 is 5.73 Å². The van der Waals surface area contributed by atoms with Crippen molar-refractivity contribution in [1.29, 1.82) is 0 Å². The van der Waals surface area contributed by atoms with Gasteiger partial charge in [0, 0.05) is 18.2 Å². The van der Waals surface area contributed by atoms with Gasteiger partial charge in [-0.05, 0) is 18.1 Å². The second-order valence-electron chi connectivity index (χ2n) is 2.89. The quantitative estimate of drug-likeness (QED) is 0.647. The highest BCUT2D eigenvalue weighted by molar-refractivity contribution is 6.30. The van der Waals surface area contributed by atoms with Crippen LogP contribution in [0.15, 0.2) is 18.3 Å². The fourth-order valence-electron chi connectivity index (χ4n) is 1.25. The molecule has 1 fully saturated rings. The van der Waals surface area contributed by atoms with Crippen LogP contribution in [0, 0.1) is 0 Å². The number of aromatic nitrogens is 1. The topological polar surface area (TPSA) is 38.9 Å². The van der Waals surface area contributed by atoms with Crippen LogP contribution in [-0.2, 0) is 0 Å². The summed E-state index contributed by atoms with van der Waals surface area (Å²) >= 11 is 5.86. The van der Waals surface area contributed by atoms with E-state index in [2.05, 4.69) is 4.98 Å². The first-order valence-corrected chi connectivity index (χ1v) is 4.03. The van der Waals surface area contributed by atoms with Gasteiger partial charge in [0.05, 0.1) is 0 Å². The van der Waals surface area contributed by atoms with Gasteiger partial charge >= 0.3 is 0 Å². The lowest BCUT2D eigenvalue weighted by molar-refractivity contribution is 0.981. The van der Waals surface area contributed by atoms with E-state index in [1.165, 1.54) is 0 Å². The minimum absolute atomic E-state index is 0.302. The molecule has 11 heavy (non-hydrogen) atoms. The zero-order valence-electron chi connectivity index (χ0n) is 6.00. The molecule has 1 saturated carbocycles. The summed E-state index contributed by atoms with van der Waals surface area (Å²) in [5.41, 5.74) is 6.78. The summed E-state index contributed by atoms with van der Waals surface area (Å²) < 4.78 is 0. The summed E-state index contributed by atoms with van der Waals surface area (Å²) in [6, 6.07) is 4.19. The Labute approximate surface area is 70.4 Å². The highest BCUT2D eigenvalue weighted by atomic mass is 35.5. The molecule has 1 aliphatic rings. The third-order valence-corrected chi connectivity index (χ3v) is 2.34. The standard InChI is InChI=1S/C8H9ClN2/c9-8-5(2-1-3-11-8)6-4-7(6)10/h1-3,6-7H,4,10H2/t6-,7+/m0/s1. The molecular formula is C8H9ClN2. The van der Waals surface area contributed by atoms with E-state index in [1.54, 1.807) is 6.20 Å². The number of hydrogen-bond donors (Lipinski definition) is 1. The third-order valence-electron chi connectivity index (χ3n) is 2.03. The van der Waals surface area contributed by atoms with Crippen molar-refractivity contribution in [3.05, 3.63) is 29.0 Å². The van der Waals surface area contributed by atoms with Crippen molar-refractivity contribution < 1.29 is 0 Å². The Morgan fingerprint density at radius 1 is 1.64 bits per heavy atom. The van der Waals surface area contributed by atoms with Crippen molar-refractivity contribution in [2.45, 2.75) is 18.4 Å². The van der Waals surface area contributed by atoms with Crippen LogP contribution in [0.1, 0.15) is 17.9 Å². The fraction of sp³-hybridized carbons (Fsp3) is 0.375. The molecule has 1 aliphatic carbocycles. The second kappa shape index (κ2) is 2.47. The maximum Gasteiger partial charge on any atom is 0.132 e. The molecule has 3 heteroatoms. The maximum atomic E-state index is 5.86. The van der Waals surface area contributed by atoms with Crippen LogP contribution in [0.4, 0.5) is 0 Å². The largest absolute Gasteiger partial charge is 0.327 e. The van der Waals surface area contributed by atoms with Crippen molar-refractivity contribution in [3.63, 3.8) is 0 Å². The number of nitrogens with two attached hydrogens (primary N) is 1. The van der Waals surface area contributed by atoms with Gasteiger partial charge in [0.25, 0.3) is 0 Å². The van der Waals surface area contributed by atoms with Gasteiger partial charge in [0.15, 0.2) is 0 Å². The normalized spacial score (nSPS) is 28.5. The first-order valence-electron chi connectivity index (χ1n) is 3.65. The van der Waals surface area contributed by atoms with Crippen molar-refractivity contribution in [1.82, 2.24) is 4.98 Å². The lowest BCUT2D eigenvalue weighted by atomic mass is 10.2. The van der Waals surface area contributed by atoms with E-state index < -0.39 is 0 Å². The Bertz CT molecular complexity index is 275. The lowest BCUT2D eigenvalue weighted by Crippen LogP contribution is -2.01. The summed E-state index contributed by atoms with van der Waals surface area (Å²) in [5, 5.41) is 0.602. The molecule has 0 saturated heterocycles. The van der Waals surface area contributed by atoms with Crippen LogP contribution in [0.25, 0.3) is 0 Å². The highest BCUT2D eigenvalue weighted by Crippen LogP contribution is 2.41. The van der Waals surface area contributed by atoms with Gasteiger partial charge in [0.2, 0.25) is 0 Å². The first-order chi connectivity index (χ1) is 5.29. The van der Waals surface area contributed by atoms with Crippen molar-refractivity contribution in [2.75, 3.05) is 0 Å². The van der Waals surface area contributed by atoms with Crippen LogP contribution in [-0.4, -0.2) is 11.0 Å². The van der Waals surface area contributed by atoms with Crippen molar-refractivity contribution >= 4 is 11.6 Å². The van der Waals surface area contributed by atoms with E-state index in [-0.39, 0.29) is 0 Å². The van der Waals surface area contributed by atoms with E-state index in [4.69, 9.17) is 17.3 Å². The molecule has 0 unspecified atom stereocenters. The van der Waals surface area contributed by atoms with Crippen LogP contribution in [0.5, 0.6) is 0 Å². The van der Waals surface area contributed by atoms with Crippen LogP contribution in [0.3, 0.4) is 0 Å². The monoisotopic (exact) mass is 168 g/mol. The number of hydrogen-bond acceptors (Lipinski definition) is 2. The Morgan fingerprint density at radius 3 is 2.91 bits per heavy atom. The van der Waals surface area contributed by atoms with Crippen molar-refractivity contribution in [3.8, 4) is 0 Å². The molecule has 1 aromatic heterocycles. The molecule has 1 aromatic rings. The smallest absolute Gasteiger partial charge is 0.132 e. The lowest BCUT2D eigenvalue weighted by Gasteiger charge is -1.98. The van der Waals surface area contributed by atoms with Crippen molar-refractivity contribution in [2.24, 2.45) is 5.73 Å². The predicted octanol–water partition coefficient (Wildman–Crippen LogP) is 1.55. The molecular weight excluding hydrogens is 160 g/mol. The van der Waals surface area contributed by atoms with E-state index >= 15 is 0 Å². The molecule has 0 amide bonds. The minimum atomic E-state index is 0.302. The van der Waals surface area contributed by atoms with Gasteiger partial charge in [0.1, 0.15) is 5.15 Å². The molecule has 2 atom stereocenters. The van der Waals surface area contributed by atoms with Gasteiger partial charge in [-0.25, -0.2) is 4.98 Å². The molecule has 2 N–H and O–H groups in total. The van der Waals surface area contributed by atoms with Gasteiger partial charge in [-0.3, -0.25) is 0 Å². The van der Waals surface area contributed by atoms with E-state index in [0.717, 1.165) is 12.0 Å². The van der Waals surface area contributed by atoms with Crippen LogP contribution >= 0.6 is 11.6 Å². The molecule has 0 aliphatic heterocycles. The zero-order chi connectivity index (χ0) is 7.84. The number of nitrogens with zero attached hydrogens (tertiary/aromatic N) is 1. The summed E-state index contributed by atoms with van der Waals surface area (Å²) in [6.07, 6.45) is 2.74. The first kappa shape index (κ1) is 7.07. The average molecular weight is 169 g/mol. The van der Waals surface area contributed by atoms with E-state index in [1.807, 2.05) is 12.1 Å². The van der Waals surface area contributed by atoms with Gasteiger partial charge in [-0.2, -0.15) is 0 Å². The molecule has 2 nitrogen and oxygen atoms in total. The van der Waals surface area contributed by atoms with E-state index in [9.17, 15) is 0 Å². The summed E-state index contributed by atoms with van der Waals surface area (Å²) in [4.78, 5) is 3.98. The minimum Gasteiger partial charge on any atom is -0.327 e. The van der Waals surface area contributed by atoms with E-state index in [0.29, 0.717) is 17.1 Å². The van der Waals surface area contributed by atoms with Gasteiger partial charge < -0.3 is 5.73 Å². The molecule has 1 heterocycles. The number of rotatable bonds is 1. The molecule has 0 aromatic carbocycles. The average Bonchev–Trinajstić information content (AvgIpc) is 2.68. The Hall–Kier alpha value is -0.600. The number of halogens is 1. The Kier molecular flexibility index (Phi) is 1.59. The summed E-state index contributed by atoms with van der Waals surface area (Å²) in [6.45, 7) is 0. The molecule has 2 rings (SSSR count). The molecule has 58 valence electrons. The SMILES string of the molecule is N[C@@H]1C[C@H]1c1cccnc1Cl. The fourth-order valence-corrected chi connectivity index (χ4v) is 1.51. The zero-order valence-corrected chi connectivity index (χ0v) is 6.75. The predicted molar refractivity (Wildman–Crippen MR) is 44.6 cm³/mol. The second-order valence-corrected chi connectivity index (χ2v) is 3.25. The Balaban J connectivity index is 2.31. The van der Waals surface area contributed by atoms with Gasteiger partial charge in [-0.1, -0.05) is 17.7 Å². The molecule has 0 radical (unpaired) electrons. The molecule has 0 bridgehead atoms. The molecule has 0 spiro atoms. The highest BCUT2D eigenvalue weighted by Gasteiger charge is 2.36. The van der Waals surface area contributed by atoms with Gasteiger partial charge in [-0.15, -0.1) is 0 Å². The third kappa shape index (κ3) is 1.24. The Morgan fingerprint density at radius 2 is 2.36 bits per heavy atom. The van der Waals surface area contributed by atoms with Crippen LogP contribution in [0.2, 0.25) is 5.15 Å². The summed E-state index contributed by atoms with van der Waals surface area (Å²) in [5.74, 6) is 0.455. The maximum absolute atomic E-state index is 5.86.